The number of nitrogens with zero attached hydrogens (tertiary/aromatic N) is 1. The first-order valence-electron chi connectivity index (χ1n) is 7.76. The minimum atomic E-state index is -4.64. The molecule has 0 bridgehead atoms. The van der Waals surface area contributed by atoms with Crippen LogP contribution in [0.5, 0.6) is 0 Å². The van der Waals surface area contributed by atoms with E-state index in [-0.39, 0.29) is 35.8 Å². The molecule has 1 fully saturated rings. The molecule has 2 aromatic rings. The Morgan fingerprint density at radius 3 is 2.62 bits per heavy atom. The van der Waals surface area contributed by atoms with Crippen molar-refractivity contribution in [3.8, 4) is 0 Å². The fourth-order valence-corrected chi connectivity index (χ4v) is 2.75. The van der Waals surface area contributed by atoms with Crippen LogP contribution < -0.4 is 10.7 Å². The van der Waals surface area contributed by atoms with Gasteiger partial charge in [-0.05, 0) is 31.9 Å². The molecule has 0 spiro atoms. The van der Waals surface area contributed by atoms with Crippen molar-refractivity contribution in [3.63, 3.8) is 0 Å². The van der Waals surface area contributed by atoms with Gasteiger partial charge >= 0.3 is 6.18 Å². The fraction of sp³-hybridized carbons (Fsp3) is 0.412. The van der Waals surface area contributed by atoms with Crippen LogP contribution in [0.3, 0.4) is 0 Å². The van der Waals surface area contributed by atoms with Gasteiger partial charge in [0.25, 0.3) is 0 Å². The monoisotopic (exact) mass is 338 g/mol. The molecule has 0 radical (unpaired) electrons. The number of alkyl halides is 3. The number of amides is 1. The minimum absolute atomic E-state index is 0.000461. The SMILES string of the molecule is Cc1ccc2c(c1)c(=O)cc(C(F)(F)F)n2CCNC(=O)C1CC1. The standard InChI is InChI=1S/C17H17F3N2O2/c1-10-2-5-13-12(8-10)14(23)9-15(17(18,19)20)22(13)7-6-21-16(24)11-3-4-11/h2,5,8-9,11H,3-4,6-7H2,1H3,(H,21,24). The van der Waals surface area contributed by atoms with Crippen molar-refractivity contribution in [2.24, 2.45) is 5.92 Å². The zero-order valence-electron chi connectivity index (χ0n) is 13.1. The Kier molecular flexibility index (Phi) is 4.11. The predicted molar refractivity (Wildman–Crippen MR) is 83.7 cm³/mol. The third-order valence-electron chi connectivity index (χ3n) is 4.14. The van der Waals surface area contributed by atoms with Gasteiger partial charge in [-0.25, -0.2) is 0 Å². The lowest BCUT2D eigenvalue weighted by Gasteiger charge is -2.19. The number of hydrogen-bond donors (Lipinski definition) is 1. The van der Waals surface area contributed by atoms with E-state index in [0.717, 1.165) is 23.0 Å². The molecule has 24 heavy (non-hydrogen) atoms. The number of benzene rings is 1. The zero-order chi connectivity index (χ0) is 17.5. The molecular weight excluding hydrogens is 321 g/mol. The average Bonchev–Trinajstić information content (AvgIpc) is 3.33. The van der Waals surface area contributed by atoms with Gasteiger partial charge in [0.05, 0.1) is 5.52 Å². The lowest BCUT2D eigenvalue weighted by molar-refractivity contribution is -0.143. The Morgan fingerprint density at radius 2 is 2.00 bits per heavy atom. The first-order chi connectivity index (χ1) is 11.3. The molecule has 1 aromatic carbocycles. The van der Waals surface area contributed by atoms with E-state index in [1.54, 1.807) is 19.1 Å². The second-order valence-corrected chi connectivity index (χ2v) is 6.13. The zero-order valence-corrected chi connectivity index (χ0v) is 13.1. The summed E-state index contributed by atoms with van der Waals surface area (Å²) in [6.45, 7) is 1.81. The molecule has 4 nitrogen and oxygen atoms in total. The summed E-state index contributed by atoms with van der Waals surface area (Å²) in [5.41, 5.74) is -0.627. The Hall–Kier alpha value is -2.31. The van der Waals surface area contributed by atoms with Crippen LogP contribution in [0.1, 0.15) is 24.1 Å². The maximum atomic E-state index is 13.3. The maximum absolute atomic E-state index is 13.3. The summed E-state index contributed by atoms with van der Waals surface area (Å²) < 4.78 is 41.0. The molecule has 1 heterocycles. The summed E-state index contributed by atoms with van der Waals surface area (Å²) in [5, 5.41) is 2.90. The first-order valence-corrected chi connectivity index (χ1v) is 7.76. The van der Waals surface area contributed by atoms with Crippen LogP contribution in [-0.2, 0) is 17.5 Å². The van der Waals surface area contributed by atoms with Gasteiger partial charge in [-0.2, -0.15) is 13.2 Å². The Balaban J connectivity index is 2.00. The van der Waals surface area contributed by atoms with Crippen molar-refractivity contribution >= 4 is 16.8 Å². The van der Waals surface area contributed by atoms with Crippen LogP contribution >= 0.6 is 0 Å². The van der Waals surface area contributed by atoms with E-state index in [9.17, 15) is 22.8 Å². The molecule has 0 aliphatic heterocycles. The highest BCUT2D eigenvalue weighted by Gasteiger charge is 2.35. The van der Waals surface area contributed by atoms with Crippen LogP contribution in [0.15, 0.2) is 29.1 Å². The predicted octanol–water partition coefficient (Wildman–Crippen LogP) is 2.85. The van der Waals surface area contributed by atoms with E-state index in [2.05, 4.69) is 5.32 Å². The molecule has 1 N–H and O–H groups in total. The molecule has 1 aliphatic carbocycles. The third kappa shape index (κ3) is 3.29. The van der Waals surface area contributed by atoms with Gasteiger partial charge in [0.2, 0.25) is 5.91 Å². The van der Waals surface area contributed by atoms with Crippen LogP contribution in [-0.4, -0.2) is 17.0 Å². The Morgan fingerprint density at radius 1 is 1.29 bits per heavy atom. The van der Waals surface area contributed by atoms with Gasteiger partial charge in [-0.3, -0.25) is 9.59 Å². The van der Waals surface area contributed by atoms with Crippen molar-refractivity contribution in [3.05, 3.63) is 45.7 Å². The molecule has 7 heteroatoms. The van der Waals surface area contributed by atoms with Crippen LogP contribution in [0.2, 0.25) is 0 Å². The molecule has 3 rings (SSSR count). The first kappa shape index (κ1) is 16.5. The van der Waals surface area contributed by atoms with Crippen LogP contribution in [0, 0.1) is 12.8 Å². The smallest absolute Gasteiger partial charge is 0.354 e. The average molecular weight is 338 g/mol. The summed E-state index contributed by atoms with van der Waals surface area (Å²) >= 11 is 0. The molecule has 0 atom stereocenters. The van der Waals surface area contributed by atoms with E-state index < -0.39 is 17.3 Å². The fourth-order valence-electron chi connectivity index (χ4n) is 2.75. The van der Waals surface area contributed by atoms with Gasteiger partial charge in [0.1, 0.15) is 5.69 Å². The summed E-state index contributed by atoms with van der Waals surface area (Å²) in [7, 11) is 0. The second kappa shape index (κ2) is 5.96. The van der Waals surface area contributed by atoms with E-state index in [4.69, 9.17) is 0 Å². The van der Waals surface area contributed by atoms with Crippen molar-refractivity contribution in [1.29, 1.82) is 0 Å². The van der Waals surface area contributed by atoms with Crippen LogP contribution in [0.25, 0.3) is 10.9 Å². The van der Waals surface area contributed by atoms with Gasteiger partial charge in [-0.15, -0.1) is 0 Å². The largest absolute Gasteiger partial charge is 0.431 e. The topological polar surface area (TPSA) is 51.1 Å². The van der Waals surface area contributed by atoms with E-state index in [1.165, 1.54) is 6.07 Å². The minimum Gasteiger partial charge on any atom is -0.354 e. The van der Waals surface area contributed by atoms with Crippen LogP contribution in [0.4, 0.5) is 13.2 Å². The number of hydrogen-bond acceptors (Lipinski definition) is 2. The second-order valence-electron chi connectivity index (χ2n) is 6.13. The Labute approximate surface area is 136 Å². The molecule has 1 aromatic heterocycles. The summed E-state index contributed by atoms with van der Waals surface area (Å²) in [4.78, 5) is 23.7. The highest BCUT2D eigenvalue weighted by Crippen LogP contribution is 2.31. The van der Waals surface area contributed by atoms with Crippen molar-refractivity contribution < 1.29 is 18.0 Å². The van der Waals surface area contributed by atoms with E-state index in [1.807, 2.05) is 0 Å². The molecule has 128 valence electrons. The quantitative estimate of drug-likeness (QED) is 0.932. The highest BCUT2D eigenvalue weighted by molar-refractivity contribution is 5.81. The molecule has 1 saturated carbocycles. The van der Waals surface area contributed by atoms with Gasteiger partial charge in [-0.1, -0.05) is 11.6 Å². The molecule has 0 unspecified atom stereocenters. The number of carbonyl (C=O) groups excluding carboxylic acids is 1. The number of nitrogens with one attached hydrogen (secondary N) is 1. The number of fused-ring (bicyclic) bond motifs is 1. The molecule has 1 amide bonds. The number of aromatic nitrogens is 1. The molecule has 1 aliphatic rings. The number of carbonyl (C=O) groups is 1. The number of rotatable bonds is 4. The van der Waals surface area contributed by atoms with Gasteiger partial charge in [0, 0.05) is 30.5 Å². The molecular formula is C17H17F3N2O2. The van der Waals surface area contributed by atoms with E-state index >= 15 is 0 Å². The van der Waals surface area contributed by atoms with Crippen molar-refractivity contribution in [1.82, 2.24) is 9.88 Å². The maximum Gasteiger partial charge on any atom is 0.431 e. The van der Waals surface area contributed by atoms with Crippen molar-refractivity contribution in [2.45, 2.75) is 32.5 Å². The normalized spacial score (nSPS) is 14.8. The lowest BCUT2D eigenvalue weighted by atomic mass is 10.1. The Bertz CT molecular complexity index is 851. The number of halogens is 3. The van der Waals surface area contributed by atoms with Crippen molar-refractivity contribution in [2.75, 3.05) is 6.54 Å². The number of aryl methyl sites for hydroxylation is 1. The van der Waals surface area contributed by atoms with Gasteiger partial charge in [0.15, 0.2) is 5.43 Å². The summed E-state index contributed by atoms with van der Waals surface area (Å²) in [5.74, 6) is -0.120. The summed E-state index contributed by atoms with van der Waals surface area (Å²) in [6, 6.07) is 5.40. The van der Waals surface area contributed by atoms with Gasteiger partial charge < -0.3 is 9.88 Å². The molecule has 0 saturated heterocycles. The highest BCUT2D eigenvalue weighted by atomic mass is 19.4. The number of pyridine rings is 1. The summed E-state index contributed by atoms with van der Waals surface area (Å²) in [6.07, 6.45) is -2.97. The lowest BCUT2D eigenvalue weighted by Crippen LogP contribution is -2.30. The van der Waals surface area contributed by atoms with E-state index in [0.29, 0.717) is 6.07 Å². The third-order valence-corrected chi connectivity index (χ3v) is 4.14.